The molecule has 2 aromatic carbocycles. The van der Waals surface area contributed by atoms with E-state index in [0.717, 1.165) is 31.1 Å². The third kappa shape index (κ3) is 4.19. The molecule has 2 aliphatic carbocycles. The minimum Gasteiger partial charge on any atom is -0.511 e. The number of hydrogen-bond donors (Lipinski definition) is 2. The van der Waals surface area contributed by atoms with Crippen molar-refractivity contribution < 1.29 is 31.1 Å². The Kier molecular flexibility index (Phi) is 5.69. The largest absolute Gasteiger partial charge is 0.511 e. The third-order valence-corrected chi connectivity index (χ3v) is 10.2. The van der Waals surface area contributed by atoms with Crippen molar-refractivity contribution in [3.05, 3.63) is 70.7 Å². The number of aliphatic hydroxyl groups is 1. The Hall–Kier alpha value is -3.25. The van der Waals surface area contributed by atoms with Gasteiger partial charge in [0.1, 0.15) is 22.0 Å². The van der Waals surface area contributed by atoms with Gasteiger partial charge in [-0.25, -0.2) is 12.8 Å². The fraction of sp³-hybridized carbons (Fsp3) is 0.385. The second-order valence-corrected chi connectivity index (χ2v) is 14.3. The van der Waals surface area contributed by atoms with Gasteiger partial charge in [-0.15, -0.1) is 4.40 Å². The van der Waals surface area contributed by atoms with Gasteiger partial charge in [0.05, 0.1) is 11.4 Å². The molecule has 0 radical (unpaired) electrons. The minimum absolute atomic E-state index is 0.139. The smallest absolute Gasteiger partial charge is 0.286 e. The number of anilines is 1. The molecule has 2 heterocycles. The average Bonchev–Trinajstić information content (AvgIpc) is 3.45. The van der Waals surface area contributed by atoms with E-state index in [1.54, 1.807) is 17.0 Å². The highest BCUT2D eigenvalue weighted by Gasteiger charge is 2.57. The van der Waals surface area contributed by atoms with Crippen LogP contribution < -0.4 is 5.32 Å². The number of sulfone groups is 1. The van der Waals surface area contributed by atoms with E-state index in [0.29, 0.717) is 5.56 Å². The van der Waals surface area contributed by atoms with Gasteiger partial charge in [-0.2, -0.15) is 8.42 Å². The maximum absolute atomic E-state index is 13.9. The molecule has 2 aliphatic heterocycles. The Morgan fingerprint density at radius 2 is 1.79 bits per heavy atom. The van der Waals surface area contributed by atoms with Crippen LogP contribution in [0.25, 0.3) is 0 Å². The maximum atomic E-state index is 13.9. The first-order valence-corrected chi connectivity index (χ1v) is 15.8. The molecule has 6 rings (SSSR count). The van der Waals surface area contributed by atoms with Crippen LogP contribution in [0.4, 0.5) is 10.1 Å². The number of aliphatic hydroxyl groups excluding tert-OH is 1. The van der Waals surface area contributed by atoms with Crippen LogP contribution >= 0.6 is 0 Å². The van der Waals surface area contributed by atoms with Gasteiger partial charge in [0.2, 0.25) is 0 Å². The lowest BCUT2D eigenvalue weighted by Crippen LogP contribution is -2.53. The van der Waals surface area contributed by atoms with Gasteiger partial charge < -0.3 is 15.3 Å². The van der Waals surface area contributed by atoms with Crippen LogP contribution in [0.2, 0.25) is 0 Å². The van der Waals surface area contributed by atoms with E-state index >= 15 is 0 Å². The van der Waals surface area contributed by atoms with Crippen LogP contribution in [0.5, 0.6) is 0 Å². The van der Waals surface area contributed by atoms with Crippen molar-refractivity contribution >= 4 is 37.3 Å². The van der Waals surface area contributed by atoms with Crippen LogP contribution in [-0.2, 0) is 37.0 Å². The number of sulfonamides is 1. The highest BCUT2D eigenvalue weighted by molar-refractivity contribution is 7.90. The Labute approximate surface area is 220 Å². The number of amidine groups is 1. The van der Waals surface area contributed by atoms with Crippen molar-refractivity contribution in [1.82, 2.24) is 4.90 Å². The number of rotatable bonds is 5. The van der Waals surface area contributed by atoms with Crippen LogP contribution in [0, 0.1) is 23.6 Å². The number of carbonyl (C=O) groups is 1. The van der Waals surface area contributed by atoms with Gasteiger partial charge in [0.15, 0.2) is 15.7 Å². The van der Waals surface area contributed by atoms with E-state index in [-0.39, 0.29) is 69.7 Å². The number of nitrogens with zero attached hydrogens (tertiary/aromatic N) is 2. The minimum atomic E-state index is -4.31. The van der Waals surface area contributed by atoms with Crippen molar-refractivity contribution in [3.63, 3.8) is 0 Å². The summed E-state index contributed by atoms with van der Waals surface area (Å²) in [5.74, 6) is -1.64. The second-order valence-electron chi connectivity index (χ2n) is 10.6. The summed E-state index contributed by atoms with van der Waals surface area (Å²) in [4.78, 5) is 15.4. The normalized spacial score (nSPS) is 27.6. The molecule has 12 heteroatoms. The zero-order chi connectivity index (χ0) is 27.0. The predicted octanol–water partition coefficient (Wildman–Crippen LogP) is 3.15. The number of halogens is 1. The van der Waals surface area contributed by atoms with E-state index in [2.05, 4.69) is 9.71 Å². The van der Waals surface area contributed by atoms with Gasteiger partial charge in [0, 0.05) is 24.8 Å². The number of fused-ring (bicyclic) bond motifs is 6. The van der Waals surface area contributed by atoms with Gasteiger partial charge in [-0.05, 0) is 66.5 Å². The first kappa shape index (κ1) is 25.1. The zero-order valence-electron chi connectivity index (χ0n) is 20.5. The van der Waals surface area contributed by atoms with Crippen molar-refractivity contribution in [3.8, 4) is 0 Å². The molecule has 2 aromatic rings. The predicted molar refractivity (Wildman–Crippen MR) is 138 cm³/mol. The van der Waals surface area contributed by atoms with Gasteiger partial charge in [0.25, 0.3) is 15.9 Å². The molecule has 2 N–H and O–H groups in total. The van der Waals surface area contributed by atoms with E-state index in [4.69, 9.17) is 0 Å². The number of nitrogens with one attached hydrogen (secondary N) is 1. The molecule has 2 fully saturated rings. The van der Waals surface area contributed by atoms with Gasteiger partial charge >= 0.3 is 0 Å². The number of benzene rings is 2. The SMILES string of the molecule is CS(=O)(=O)Cc1ccc2c(c1)S(=O)(=O)N=C(C1=C(O)[C@H]3[C@@H]4CC[C@@H](C4)[C@H]3N(Cc3ccc(F)cc3)C1=O)N2. The zero-order valence-corrected chi connectivity index (χ0v) is 22.1. The molecular weight excluding hydrogens is 533 g/mol. The summed E-state index contributed by atoms with van der Waals surface area (Å²) in [5.41, 5.74) is 0.967. The fourth-order valence-electron chi connectivity index (χ4n) is 6.54. The number of amides is 1. The molecule has 0 saturated heterocycles. The Balaban J connectivity index is 1.41. The van der Waals surface area contributed by atoms with E-state index in [9.17, 15) is 31.1 Å². The summed E-state index contributed by atoms with van der Waals surface area (Å²) in [7, 11) is -7.70. The van der Waals surface area contributed by atoms with Gasteiger partial charge in [-0.3, -0.25) is 4.79 Å². The molecule has 1 amide bonds. The van der Waals surface area contributed by atoms with Crippen molar-refractivity contribution in [1.29, 1.82) is 0 Å². The lowest BCUT2D eigenvalue weighted by Gasteiger charge is -2.44. The molecule has 4 atom stereocenters. The fourth-order valence-corrected chi connectivity index (χ4v) is 8.50. The quantitative estimate of drug-likeness (QED) is 0.575. The first-order valence-electron chi connectivity index (χ1n) is 12.3. The summed E-state index contributed by atoms with van der Waals surface area (Å²) in [6, 6.07) is 9.81. The van der Waals surface area contributed by atoms with E-state index in [1.165, 1.54) is 30.3 Å². The Bertz CT molecular complexity index is 1630. The topological polar surface area (TPSA) is 133 Å². The summed E-state index contributed by atoms with van der Waals surface area (Å²) in [6.45, 7) is 0.186. The molecule has 2 saturated carbocycles. The summed E-state index contributed by atoms with van der Waals surface area (Å²) < 4.78 is 67.1. The molecule has 0 unspecified atom stereocenters. The first-order chi connectivity index (χ1) is 17.9. The second kappa shape index (κ2) is 8.63. The summed E-state index contributed by atoms with van der Waals surface area (Å²) in [5, 5.41) is 14.3. The lowest BCUT2D eigenvalue weighted by atomic mass is 9.77. The lowest BCUT2D eigenvalue weighted by molar-refractivity contribution is -0.134. The highest BCUT2D eigenvalue weighted by Crippen LogP contribution is 2.55. The molecule has 2 bridgehead atoms. The van der Waals surface area contributed by atoms with Crippen molar-refractivity contribution in [2.75, 3.05) is 11.6 Å². The summed E-state index contributed by atoms with van der Waals surface area (Å²) in [6.07, 6.45) is 3.77. The van der Waals surface area contributed by atoms with Crippen LogP contribution in [0.15, 0.2) is 63.1 Å². The van der Waals surface area contributed by atoms with E-state index < -0.39 is 25.8 Å². The van der Waals surface area contributed by atoms with E-state index in [1.807, 2.05) is 0 Å². The standard InChI is InChI=1S/C26H26FN3O6S2/c1-37(33,34)13-15-4-9-19-20(10-15)38(35,36)29-25(28-19)22-24(31)21-16-5-6-17(11-16)23(21)30(26(22)32)12-14-2-7-18(27)8-3-14/h2-4,7-10,16-17,21,23,31H,5-6,11-13H2,1H3,(H,28,29)/t16-,17+,21+,23-/m1/s1. The van der Waals surface area contributed by atoms with Crippen molar-refractivity contribution in [2.24, 2.45) is 22.2 Å². The van der Waals surface area contributed by atoms with Crippen LogP contribution in [-0.4, -0.2) is 50.9 Å². The number of carbonyl (C=O) groups excluding carboxylic acids is 1. The monoisotopic (exact) mass is 559 g/mol. The number of hydrogen-bond acceptors (Lipinski definition) is 7. The Morgan fingerprint density at radius 1 is 1.11 bits per heavy atom. The van der Waals surface area contributed by atoms with Crippen molar-refractivity contribution in [2.45, 2.75) is 42.5 Å². The average molecular weight is 560 g/mol. The molecule has 0 spiro atoms. The van der Waals surface area contributed by atoms with Crippen LogP contribution in [0.3, 0.4) is 0 Å². The molecule has 38 heavy (non-hydrogen) atoms. The molecule has 200 valence electrons. The maximum Gasteiger partial charge on any atom is 0.286 e. The summed E-state index contributed by atoms with van der Waals surface area (Å²) >= 11 is 0. The third-order valence-electron chi connectivity index (χ3n) is 8.00. The molecule has 0 aromatic heterocycles. The highest BCUT2D eigenvalue weighted by atomic mass is 32.2. The molecular formula is C26H26FN3O6S2. The molecule has 4 aliphatic rings. The Morgan fingerprint density at radius 3 is 2.50 bits per heavy atom. The van der Waals surface area contributed by atoms with Gasteiger partial charge in [-0.1, -0.05) is 18.2 Å². The molecule has 9 nitrogen and oxygen atoms in total. The van der Waals surface area contributed by atoms with Crippen LogP contribution in [0.1, 0.15) is 30.4 Å².